The Bertz CT molecular complexity index is 757. The second kappa shape index (κ2) is 7.31. The van der Waals surface area contributed by atoms with Crippen molar-refractivity contribution in [3.8, 4) is 5.75 Å². The van der Waals surface area contributed by atoms with Crippen LogP contribution in [-0.2, 0) is 4.84 Å². The van der Waals surface area contributed by atoms with Gasteiger partial charge in [-0.3, -0.25) is 0 Å². The lowest BCUT2D eigenvalue weighted by molar-refractivity contribution is -0.274. The number of carbonyl (C=O) groups excluding carboxylic acids is 1. The number of carbonyl (C=O) groups is 1. The molecule has 0 heterocycles. The number of hydrogen-bond acceptors (Lipinski definition) is 4. The minimum atomic E-state index is -4.89. The quantitative estimate of drug-likeness (QED) is 0.347. The van der Waals surface area contributed by atoms with Gasteiger partial charge in [-0.05, 0) is 24.3 Å². The fraction of sp³-hybridized carbons (Fsp3) is 0.0667. The predicted octanol–water partition coefficient (Wildman–Crippen LogP) is 4.57. The first-order valence-electron chi connectivity index (χ1n) is 6.31. The Morgan fingerprint density at radius 3 is 2.50 bits per heavy atom. The number of alkyl halides is 3. The molecule has 0 fully saturated rings. The fourth-order valence-electron chi connectivity index (χ4n) is 1.67. The molecule has 9 heteroatoms. The van der Waals surface area contributed by atoms with Crippen molar-refractivity contribution in [1.29, 1.82) is 0 Å². The van der Waals surface area contributed by atoms with Gasteiger partial charge in [0.2, 0.25) is 0 Å². The maximum Gasteiger partial charge on any atom is 0.573 e. The third kappa shape index (κ3) is 4.69. The molecule has 0 saturated carbocycles. The maximum atomic E-state index is 13.5. The first-order valence-corrected chi connectivity index (χ1v) is 6.69. The highest BCUT2D eigenvalue weighted by Gasteiger charge is 2.31. The topological polar surface area (TPSA) is 47.9 Å². The van der Waals surface area contributed by atoms with Crippen molar-refractivity contribution >= 4 is 23.8 Å². The molecule has 0 atom stereocenters. The summed E-state index contributed by atoms with van der Waals surface area (Å²) < 4.78 is 54.1. The van der Waals surface area contributed by atoms with Crippen LogP contribution in [0, 0.1) is 5.82 Å². The molecule has 0 N–H and O–H groups in total. The summed E-state index contributed by atoms with van der Waals surface area (Å²) in [6, 6.07) is 8.64. The van der Waals surface area contributed by atoms with Crippen LogP contribution in [-0.4, -0.2) is 18.5 Å². The van der Waals surface area contributed by atoms with E-state index >= 15 is 0 Å². The zero-order valence-electron chi connectivity index (χ0n) is 11.7. The van der Waals surface area contributed by atoms with Crippen molar-refractivity contribution in [2.45, 2.75) is 6.36 Å². The molecule has 2 aromatic carbocycles. The van der Waals surface area contributed by atoms with Crippen molar-refractivity contribution < 1.29 is 31.9 Å². The van der Waals surface area contributed by atoms with Gasteiger partial charge < -0.3 is 9.57 Å². The number of halogens is 5. The van der Waals surface area contributed by atoms with E-state index in [0.717, 1.165) is 18.3 Å². The van der Waals surface area contributed by atoms with E-state index in [4.69, 9.17) is 11.6 Å². The highest BCUT2D eigenvalue weighted by Crippen LogP contribution is 2.25. The van der Waals surface area contributed by atoms with Gasteiger partial charge in [0.1, 0.15) is 17.1 Å². The molecule has 0 aliphatic rings. The predicted molar refractivity (Wildman–Crippen MR) is 77.5 cm³/mol. The lowest BCUT2D eigenvalue weighted by Crippen LogP contribution is -2.18. The zero-order valence-corrected chi connectivity index (χ0v) is 12.4. The van der Waals surface area contributed by atoms with Gasteiger partial charge in [0.15, 0.2) is 0 Å². The Kier molecular flexibility index (Phi) is 5.40. The molecular formula is C15H8ClF4NO3. The first-order chi connectivity index (χ1) is 11.3. The molecule has 0 spiro atoms. The average Bonchev–Trinajstić information content (AvgIpc) is 2.47. The van der Waals surface area contributed by atoms with Crippen LogP contribution in [0.3, 0.4) is 0 Å². The summed E-state index contributed by atoms with van der Waals surface area (Å²) in [7, 11) is 0. The van der Waals surface area contributed by atoms with Crippen molar-refractivity contribution in [3.63, 3.8) is 0 Å². The first kappa shape index (κ1) is 17.7. The Labute approximate surface area is 138 Å². The summed E-state index contributed by atoms with van der Waals surface area (Å²) in [5, 5.41) is 3.06. The highest BCUT2D eigenvalue weighted by atomic mass is 35.5. The summed E-state index contributed by atoms with van der Waals surface area (Å²) >= 11 is 5.68. The smallest absolute Gasteiger partial charge is 0.405 e. The Hall–Kier alpha value is -2.61. The molecule has 4 nitrogen and oxygen atoms in total. The molecule has 126 valence electrons. The second-order valence-corrected chi connectivity index (χ2v) is 4.70. The van der Waals surface area contributed by atoms with E-state index in [9.17, 15) is 22.4 Å². The SMILES string of the molecule is O=C(O/N=C/c1ccccc1OC(F)(F)F)c1c(F)cccc1Cl. The summed E-state index contributed by atoms with van der Waals surface area (Å²) in [6.45, 7) is 0. The van der Waals surface area contributed by atoms with E-state index < -0.39 is 29.5 Å². The zero-order chi connectivity index (χ0) is 17.7. The molecule has 0 bridgehead atoms. The van der Waals surface area contributed by atoms with Crippen LogP contribution in [0.1, 0.15) is 15.9 Å². The molecule has 0 amide bonds. The van der Waals surface area contributed by atoms with Gasteiger partial charge >= 0.3 is 12.3 Å². The third-order valence-corrected chi connectivity index (χ3v) is 2.95. The number of benzene rings is 2. The lowest BCUT2D eigenvalue weighted by Gasteiger charge is -2.10. The van der Waals surface area contributed by atoms with Crippen LogP contribution < -0.4 is 4.74 Å². The minimum Gasteiger partial charge on any atom is -0.405 e. The standard InChI is InChI=1S/C15H8ClF4NO3/c16-10-5-3-6-11(17)13(10)14(22)24-21-8-9-4-1-2-7-12(9)23-15(18,19)20/h1-8H/b21-8+. The normalized spacial score (nSPS) is 11.5. The average molecular weight is 362 g/mol. The van der Waals surface area contributed by atoms with Gasteiger partial charge in [0.05, 0.1) is 11.2 Å². The van der Waals surface area contributed by atoms with Gasteiger partial charge in [0, 0.05) is 5.56 Å². The summed E-state index contributed by atoms with van der Waals surface area (Å²) in [4.78, 5) is 16.2. The van der Waals surface area contributed by atoms with E-state index in [-0.39, 0.29) is 10.6 Å². The molecule has 0 aliphatic carbocycles. The second-order valence-electron chi connectivity index (χ2n) is 4.30. The van der Waals surface area contributed by atoms with Crippen LogP contribution in [0.25, 0.3) is 0 Å². The van der Waals surface area contributed by atoms with Gasteiger partial charge in [-0.25, -0.2) is 9.18 Å². The van der Waals surface area contributed by atoms with E-state index in [2.05, 4.69) is 14.7 Å². The molecule has 0 aliphatic heterocycles. The summed E-state index contributed by atoms with van der Waals surface area (Å²) in [5.74, 6) is -2.64. The molecule has 0 unspecified atom stereocenters. The molecule has 2 aromatic rings. The molecule has 24 heavy (non-hydrogen) atoms. The molecule has 0 saturated heterocycles. The van der Waals surface area contributed by atoms with E-state index in [0.29, 0.717) is 0 Å². The van der Waals surface area contributed by atoms with Crippen molar-refractivity contribution in [3.05, 3.63) is 64.4 Å². The maximum absolute atomic E-state index is 13.5. The molecule has 0 radical (unpaired) electrons. The van der Waals surface area contributed by atoms with Gasteiger partial charge in [-0.2, -0.15) is 0 Å². The number of ether oxygens (including phenoxy) is 1. The van der Waals surface area contributed by atoms with E-state index in [1.54, 1.807) is 0 Å². The van der Waals surface area contributed by atoms with Gasteiger partial charge in [-0.15, -0.1) is 13.2 Å². The number of para-hydroxylation sites is 1. The fourth-order valence-corrected chi connectivity index (χ4v) is 1.91. The third-order valence-electron chi connectivity index (χ3n) is 2.64. The summed E-state index contributed by atoms with van der Waals surface area (Å²) in [5.41, 5.74) is -0.626. The van der Waals surface area contributed by atoms with Crippen molar-refractivity contribution in [1.82, 2.24) is 0 Å². The van der Waals surface area contributed by atoms with Crippen LogP contribution in [0.2, 0.25) is 5.02 Å². The monoisotopic (exact) mass is 361 g/mol. The Morgan fingerprint density at radius 2 is 1.83 bits per heavy atom. The number of oxime groups is 1. The van der Waals surface area contributed by atoms with Crippen molar-refractivity contribution in [2.75, 3.05) is 0 Å². The van der Waals surface area contributed by atoms with E-state index in [1.165, 1.54) is 30.3 Å². The number of hydrogen-bond donors (Lipinski definition) is 0. The van der Waals surface area contributed by atoms with Crippen LogP contribution in [0.15, 0.2) is 47.6 Å². The van der Waals surface area contributed by atoms with Gasteiger partial charge in [0.25, 0.3) is 0 Å². The minimum absolute atomic E-state index is 0.0951. The summed E-state index contributed by atoms with van der Waals surface area (Å²) in [6.07, 6.45) is -4.06. The Balaban J connectivity index is 2.14. The van der Waals surface area contributed by atoms with Crippen LogP contribution >= 0.6 is 11.6 Å². The Morgan fingerprint density at radius 1 is 1.12 bits per heavy atom. The molecule has 2 rings (SSSR count). The van der Waals surface area contributed by atoms with Gasteiger partial charge in [-0.1, -0.05) is 35.0 Å². The van der Waals surface area contributed by atoms with E-state index in [1.807, 2.05) is 0 Å². The van der Waals surface area contributed by atoms with Crippen LogP contribution in [0.4, 0.5) is 17.6 Å². The van der Waals surface area contributed by atoms with Crippen LogP contribution in [0.5, 0.6) is 5.75 Å². The van der Waals surface area contributed by atoms with Crippen molar-refractivity contribution in [2.24, 2.45) is 5.16 Å². The highest BCUT2D eigenvalue weighted by molar-refractivity contribution is 6.33. The molecular weight excluding hydrogens is 354 g/mol. The number of rotatable bonds is 4. The molecule has 0 aromatic heterocycles. The number of nitrogens with zero attached hydrogens (tertiary/aromatic N) is 1. The largest absolute Gasteiger partial charge is 0.573 e. The lowest BCUT2D eigenvalue weighted by atomic mass is 10.2.